The van der Waals surface area contributed by atoms with E-state index in [0.717, 1.165) is 18.4 Å². The number of phenols is 2. The smallest absolute Gasteiger partial charge is 0.122 e. The van der Waals surface area contributed by atoms with Gasteiger partial charge in [-0.15, -0.1) is 0 Å². The molecule has 1 aliphatic carbocycles. The molecule has 0 bridgehead atoms. The summed E-state index contributed by atoms with van der Waals surface area (Å²) < 4.78 is 7.37. The molecule has 0 aliphatic heterocycles. The van der Waals surface area contributed by atoms with Crippen LogP contribution in [0.3, 0.4) is 0 Å². The minimum Gasteiger partial charge on any atom is -0.508 e. The second-order valence-electron chi connectivity index (χ2n) is 3.20. The second kappa shape index (κ2) is 4.15. The first-order valence-corrected chi connectivity index (χ1v) is 4.11. The molecule has 0 heterocycles. The molecule has 0 amide bonds. The van der Waals surface area contributed by atoms with Gasteiger partial charge in [0.1, 0.15) is 11.5 Å². The number of aromatic hydroxyl groups is 2. The molecule has 70 valence electrons. The Morgan fingerprint density at radius 3 is 2.54 bits per heavy atom. The summed E-state index contributed by atoms with van der Waals surface area (Å²) >= 11 is 0. The standard InChI is InChI=1S/C10H12O2.W/c11-8-4-5-9(10(12)6-8)7-2-1-3-7;/h4-7,11-12H,1-3H2;/i1T;. The molecule has 0 radical (unpaired) electrons. The van der Waals surface area contributed by atoms with Crippen molar-refractivity contribution in [1.82, 2.24) is 0 Å². The van der Waals surface area contributed by atoms with Gasteiger partial charge in [0, 0.05) is 28.5 Å². The molecule has 2 rings (SSSR count). The van der Waals surface area contributed by atoms with Gasteiger partial charge < -0.3 is 10.2 Å². The van der Waals surface area contributed by atoms with Crippen molar-refractivity contribution in [3.8, 4) is 11.5 Å². The molecule has 1 aromatic carbocycles. The fraction of sp³-hybridized carbons (Fsp3) is 0.400. The van der Waals surface area contributed by atoms with E-state index in [9.17, 15) is 5.11 Å². The van der Waals surface area contributed by atoms with E-state index in [0.29, 0.717) is 5.92 Å². The van der Waals surface area contributed by atoms with Crippen LogP contribution in [-0.4, -0.2) is 10.2 Å². The van der Waals surface area contributed by atoms with Crippen LogP contribution < -0.4 is 0 Å². The fourth-order valence-electron chi connectivity index (χ4n) is 1.46. The predicted octanol–water partition coefficient (Wildman–Crippen LogP) is 2.36. The third-order valence-corrected chi connectivity index (χ3v) is 2.36. The van der Waals surface area contributed by atoms with Crippen LogP contribution in [0.5, 0.6) is 11.5 Å². The molecule has 1 aliphatic rings. The van der Waals surface area contributed by atoms with Crippen LogP contribution in [0, 0.1) is 0 Å². The average Bonchev–Trinajstić information content (AvgIpc) is 2.00. The first kappa shape index (κ1) is 9.08. The van der Waals surface area contributed by atoms with Gasteiger partial charge in [-0.25, -0.2) is 0 Å². The zero-order chi connectivity index (χ0) is 9.42. The molecule has 0 atom stereocenters. The van der Waals surface area contributed by atoms with Crippen molar-refractivity contribution in [1.29, 1.82) is 0 Å². The molecule has 2 N–H and O–H groups in total. The molecule has 13 heavy (non-hydrogen) atoms. The van der Waals surface area contributed by atoms with Crippen molar-refractivity contribution in [3.05, 3.63) is 23.8 Å². The van der Waals surface area contributed by atoms with Crippen LogP contribution >= 0.6 is 0 Å². The van der Waals surface area contributed by atoms with Gasteiger partial charge in [-0.3, -0.25) is 0 Å². The number of hydrogen-bond donors (Lipinski definition) is 2. The molecule has 2 nitrogen and oxygen atoms in total. The number of benzene rings is 1. The molecular weight excluding hydrogens is 336 g/mol. The van der Waals surface area contributed by atoms with Crippen LogP contribution in [0.4, 0.5) is 0 Å². The first-order chi connectivity index (χ1) is 6.16. The Morgan fingerprint density at radius 2 is 2.00 bits per heavy atom. The van der Waals surface area contributed by atoms with E-state index in [1.54, 1.807) is 12.1 Å². The van der Waals surface area contributed by atoms with E-state index in [1.807, 2.05) is 0 Å². The van der Waals surface area contributed by atoms with Crippen molar-refractivity contribution in [3.63, 3.8) is 0 Å². The summed E-state index contributed by atoms with van der Waals surface area (Å²) in [4.78, 5) is 0. The van der Waals surface area contributed by atoms with Gasteiger partial charge in [0.2, 0.25) is 0 Å². The van der Waals surface area contributed by atoms with Gasteiger partial charge >= 0.3 is 0 Å². The van der Waals surface area contributed by atoms with Gasteiger partial charge in [0.05, 0.1) is 0 Å². The maximum Gasteiger partial charge on any atom is 0.122 e. The molecule has 0 saturated heterocycles. The number of hydrogen-bond acceptors (Lipinski definition) is 2. The average molecular weight is 350 g/mol. The molecule has 0 aromatic heterocycles. The van der Waals surface area contributed by atoms with Crippen molar-refractivity contribution >= 4 is 0 Å². The number of phenolic OH excluding ortho intramolecular Hbond substituents is 2. The van der Waals surface area contributed by atoms with Crippen molar-refractivity contribution in [2.45, 2.75) is 25.2 Å². The minimum absolute atomic E-state index is 0. The van der Waals surface area contributed by atoms with Crippen LogP contribution in [0.2, 0.25) is 0 Å². The molecule has 1 saturated carbocycles. The summed E-state index contributed by atoms with van der Waals surface area (Å²) in [6.45, 7) is 0. The zero-order valence-corrected chi connectivity index (χ0v) is 10.0. The Hall–Kier alpha value is -0.492. The van der Waals surface area contributed by atoms with Crippen molar-refractivity contribution < 1.29 is 32.6 Å². The van der Waals surface area contributed by atoms with Crippen LogP contribution in [0.1, 0.15) is 32.1 Å². The van der Waals surface area contributed by atoms with E-state index in [1.165, 1.54) is 6.07 Å². The summed E-state index contributed by atoms with van der Waals surface area (Å²) in [6.07, 6.45) is 1.66. The van der Waals surface area contributed by atoms with Gasteiger partial charge in [0.15, 0.2) is 0 Å². The quantitative estimate of drug-likeness (QED) is 0.817. The third-order valence-electron chi connectivity index (χ3n) is 2.36. The summed E-state index contributed by atoms with van der Waals surface area (Å²) in [5.41, 5.74) is 0.862. The van der Waals surface area contributed by atoms with E-state index >= 15 is 0 Å². The number of rotatable bonds is 1. The molecule has 3 heteroatoms. The Morgan fingerprint density at radius 1 is 1.31 bits per heavy atom. The monoisotopic (exact) mass is 350 g/mol. The molecule has 0 spiro atoms. The van der Waals surface area contributed by atoms with Gasteiger partial charge in [0.25, 0.3) is 0 Å². The first-order valence-electron chi connectivity index (χ1n) is 4.68. The fourth-order valence-corrected chi connectivity index (χ4v) is 1.46. The van der Waals surface area contributed by atoms with Gasteiger partial charge in [-0.05, 0) is 30.4 Å². The Balaban J connectivity index is 0.000000980. The SMILES string of the molecule is [3H]C1CC(c2ccc(O)cc2O)C1.[W]. The second-order valence-corrected chi connectivity index (χ2v) is 3.20. The Bertz CT molecular complexity index is 324. The van der Waals surface area contributed by atoms with Crippen molar-refractivity contribution in [2.24, 2.45) is 0 Å². The van der Waals surface area contributed by atoms with E-state index in [-0.39, 0.29) is 39.0 Å². The maximum absolute atomic E-state index is 9.49. The Labute approximate surface area is 93.3 Å². The third kappa shape index (κ3) is 2.05. The summed E-state index contributed by atoms with van der Waals surface area (Å²) in [6, 6.07) is 4.67. The van der Waals surface area contributed by atoms with E-state index in [4.69, 9.17) is 6.48 Å². The molecule has 1 aromatic rings. The molecule has 1 fully saturated rings. The summed E-state index contributed by atoms with van der Waals surface area (Å²) in [5.74, 6) is 0.544. The maximum atomic E-state index is 9.49. The Kier molecular flexibility index (Phi) is 2.90. The summed E-state index contributed by atoms with van der Waals surface area (Å²) in [7, 11) is 0. The summed E-state index contributed by atoms with van der Waals surface area (Å²) in [5, 5.41) is 18.6. The zero-order valence-electron chi connectivity index (χ0n) is 8.10. The van der Waals surface area contributed by atoms with E-state index in [2.05, 4.69) is 0 Å². The molecular formula is C10H12O2W. The van der Waals surface area contributed by atoms with Crippen LogP contribution in [0.25, 0.3) is 0 Å². The van der Waals surface area contributed by atoms with Crippen LogP contribution in [0.15, 0.2) is 18.2 Å². The predicted molar refractivity (Wildman–Crippen MR) is 46.4 cm³/mol. The van der Waals surface area contributed by atoms with Gasteiger partial charge in [-0.2, -0.15) is 0 Å². The minimum atomic E-state index is 0. The van der Waals surface area contributed by atoms with Crippen molar-refractivity contribution in [2.75, 3.05) is 0 Å². The molecule has 0 unspecified atom stereocenters. The largest absolute Gasteiger partial charge is 0.508 e. The van der Waals surface area contributed by atoms with Crippen LogP contribution in [-0.2, 0) is 21.1 Å². The topological polar surface area (TPSA) is 40.5 Å². The van der Waals surface area contributed by atoms with Gasteiger partial charge in [-0.1, -0.05) is 12.5 Å². The van der Waals surface area contributed by atoms with E-state index < -0.39 is 0 Å². The normalized spacial score (nSPS) is 26.9.